The highest BCUT2D eigenvalue weighted by Gasteiger charge is 1.98. The predicted molar refractivity (Wildman–Crippen MR) is 93.1 cm³/mol. The number of carboxylic acid groups (broad SMARTS) is 1. The smallest absolute Gasteiger partial charge is 0.303 e. The fraction of sp³-hybridized carbons (Fsp3) is 0.474. The van der Waals surface area contributed by atoms with E-state index in [2.05, 4.69) is 5.32 Å². The lowest BCUT2D eigenvalue weighted by molar-refractivity contribution is -0.137. The summed E-state index contributed by atoms with van der Waals surface area (Å²) in [7, 11) is 0. The van der Waals surface area contributed by atoms with Crippen molar-refractivity contribution in [1.29, 1.82) is 0 Å². The molecule has 126 valence electrons. The number of rotatable bonds is 12. The predicted octanol–water partition coefficient (Wildman–Crippen LogP) is 4.02. The van der Waals surface area contributed by atoms with Crippen LogP contribution in [0.5, 0.6) is 0 Å². The molecule has 1 aromatic carbocycles. The van der Waals surface area contributed by atoms with Gasteiger partial charge in [-0.05, 0) is 18.4 Å². The molecule has 0 heterocycles. The minimum Gasteiger partial charge on any atom is -0.481 e. The molecule has 0 aliphatic rings. The van der Waals surface area contributed by atoms with Gasteiger partial charge in [0.1, 0.15) is 0 Å². The Balaban J connectivity index is 1.94. The highest BCUT2D eigenvalue weighted by atomic mass is 16.4. The van der Waals surface area contributed by atoms with Crippen LogP contribution in [0.2, 0.25) is 0 Å². The van der Waals surface area contributed by atoms with Gasteiger partial charge in [0, 0.05) is 19.4 Å². The number of benzene rings is 1. The number of carboxylic acids is 1. The molecule has 4 heteroatoms. The van der Waals surface area contributed by atoms with Crippen molar-refractivity contribution in [2.75, 3.05) is 6.54 Å². The first-order valence-corrected chi connectivity index (χ1v) is 8.38. The summed E-state index contributed by atoms with van der Waals surface area (Å²) in [6.07, 6.45) is 10.5. The van der Waals surface area contributed by atoms with E-state index >= 15 is 0 Å². The zero-order valence-corrected chi connectivity index (χ0v) is 13.7. The number of amides is 1. The summed E-state index contributed by atoms with van der Waals surface area (Å²) in [6.45, 7) is 0.715. The molecular weight excluding hydrogens is 290 g/mol. The van der Waals surface area contributed by atoms with Gasteiger partial charge in [-0.3, -0.25) is 9.59 Å². The Morgan fingerprint density at radius 3 is 2.30 bits per heavy atom. The van der Waals surface area contributed by atoms with Gasteiger partial charge in [-0.25, -0.2) is 0 Å². The molecule has 4 nitrogen and oxygen atoms in total. The Kier molecular flexibility index (Phi) is 10.3. The van der Waals surface area contributed by atoms with Crippen LogP contribution in [-0.2, 0) is 9.59 Å². The van der Waals surface area contributed by atoms with E-state index in [-0.39, 0.29) is 12.3 Å². The zero-order valence-electron chi connectivity index (χ0n) is 13.7. The van der Waals surface area contributed by atoms with Crippen molar-refractivity contribution in [2.45, 2.75) is 51.4 Å². The van der Waals surface area contributed by atoms with Crippen LogP contribution in [0.25, 0.3) is 6.08 Å². The molecule has 0 unspecified atom stereocenters. The van der Waals surface area contributed by atoms with Crippen LogP contribution in [0, 0.1) is 0 Å². The van der Waals surface area contributed by atoms with E-state index in [1.807, 2.05) is 42.5 Å². The fourth-order valence-corrected chi connectivity index (χ4v) is 2.27. The Labute approximate surface area is 138 Å². The van der Waals surface area contributed by atoms with Gasteiger partial charge in [-0.15, -0.1) is 0 Å². The van der Waals surface area contributed by atoms with E-state index in [4.69, 9.17) is 5.11 Å². The number of hydrogen-bond acceptors (Lipinski definition) is 2. The summed E-state index contributed by atoms with van der Waals surface area (Å²) in [5.41, 5.74) is 1.10. The lowest BCUT2D eigenvalue weighted by atomic mass is 10.1. The number of nitrogens with one attached hydrogen (secondary N) is 1. The van der Waals surface area contributed by atoms with E-state index < -0.39 is 5.97 Å². The lowest BCUT2D eigenvalue weighted by Crippen LogP contribution is -2.23. The standard InChI is InChI=1S/C19H27NO3/c21-18(14-10-13-17-11-6-5-7-12-17)20-16-9-4-2-1-3-8-15-19(22)23/h5-7,10-13H,1-4,8-9,14-16H2,(H,20,21)(H,22,23)/b13-10+. The van der Waals surface area contributed by atoms with Crippen LogP contribution in [0.15, 0.2) is 36.4 Å². The van der Waals surface area contributed by atoms with E-state index in [0.29, 0.717) is 13.0 Å². The van der Waals surface area contributed by atoms with Crippen LogP contribution in [0.1, 0.15) is 56.9 Å². The van der Waals surface area contributed by atoms with Crippen molar-refractivity contribution < 1.29 is 14.7 Å². The van der Waals surface area contributed by atoms with Crippen molar-refractivity contribution in [1.82, 2.24) is 5.32 Å². The minimum atomic E-state index is -0.714. The maximum atomic E-state index is 11.7. The van der Waals surface area contributed by atoms with Gasteiger partial charge in [-0.1, -0.05) is 68.2 Å². The number of aliphatic carboxylic acids is 1. The second kappa shape index (κ2) is 12.4. The number of unbranched alkanes of at least 4 members (excludes halogenated alkanes) is 5. The van der Waals surface area contributed by atoms with Gasteiger partial charge in [-0.2, -0.15) is 0 Å². The highest BCUT2D eigenvalue weighted by Crippen LogP contribution is 2.07. The molecule has 0 aliphatic heterocycles. The fourth-order valence-electron chi connectivity index (χ4n) is 2.27. The van der Waals surface area contributed by atoms with Gasteiger partial charge in [0.2, 0.25) is 5.91 Å². The van der Waals surface area contributed by atoms with Crippen LogP contribution < -0.4 is 5.32 Å². The molecule has 0 saturated carbocycles. The SMILES string of the molecule is O=C(O)CCCCCCCCNC(=O)C/C=C/c1ccccc1. The van der Waals surface area contributed by atoms with E-state index in [9.17, 15) is 9.59 Å². The van der Waals surface area contributed by atoms with E-state index in [1.165, 1.54) is 0 Å². The molecule has 0 aliphatic carbocycles. The summed E-state index contributed by atoms with van der Waals surface area (Å²) in [4.78, 5) is 22.0. The van der Waals surface area contributed by atoms with Gasteiger partial charge in [0.25, 0.3) is 0 Å². The summed E-state index contributed by atoms with van der Waals surface area (Å²) >= 11 is 0. The minimum absolute atomic E-state index is 0.0543. The van der Waals surface area contributed by atoms with Crippen LogP contribution >= 0.6 is 0 Å². The lowest BCUT2D eigenvalue weighted by Gasteiger charge is -2.03. The second-order valence-corrected chi connectivity index (χ2v) is 5.63. The maximum absolute atomic E-state index is 11.7. The normalized spacial score (nSPS) is 10.8. The summed E-state index contributed by atoms with van der Waals surface area (Å²) < 4.78 is 0. The van der Waals surface area contributed by atoms with Crippen LogP contribution in [-0.4, -0.2) is 23.5 Å². The van der Waals surface area contributed by atoms with Gasteiger partial charge < -0.3 is 10.4 Å². The quantitative estimate of drug-likeness (QED) is 0.572. The van der Waals surface area contributed by atoms with Gasteiger partial charge in [0.15, 0.2) is 0 Å². The van der Waals surface area contributed by atoms with Crippen molar-refractivity contribution in [3.8, 4) is 0 Å². The average molecular weight is 317 g/mol. The topological polar surface area (TPSA) is 66.4 Å². The Bertz CT molecular complexity index is 483. The molecule has 1 aromatic rings. The molecule has 1 rings (SSSR count). The first-order chi connectivity index (χ1) is 11.2. The number of carbonyl (C=O) groups excluding carboxylic acids is 1. The molecule has 0 radical (unpaired) electrons. The molecule has 0 spiro atoms. The maximum Gasteiger partial charge on any atom is 0.303 e. The van der Waals surface area contributed by atoms with E-state index in [0.717, 1.165) is 44.1 Å². The third-order valence-electron chi connectivity index (χ3n) is 3.55. The second-order valence-electron chi connectivity index (χ2n) is 5.63. The molecule has 0 atom stereocenters. The first-order valence-electron chi connectivity index (χ1n) is 8.38. The Morgan fingerprint density at radius 2 is 1.61 bits per heavy atom. The zero-order chi connectivity index (χ0) is 16.8. The van der Waals surface area contributed by atoms with E-state index in [1.54, 1.807) is 0 Å². The van der Waals surface area contributed by atoms with Crippen molar-refractivity contribution >= 4 is 18.0 Å². The summed E-state index contributed by atoms with van der Waals surface area (Å²) in [6, 6.07) is 9.93. The number of hydrogen-bond donors (Lipinski definition) is 2. The molecule has 1 amide bonds. The molecule has 2 N–H and O–H groups in total. The molecule has 0 bridgehead atoms. The van der Waals surface area contributed by atoms with Gasteiger partial charge >= 0.3 is 5.97 Å². The van der Waals surface area contributed by atoms with Crippen molar-refractivity contribution in [3.05, 3.63) is 42.0 Å². The molecule has 0 fully saturated rings. The summed E-state index contributed by atoms with van der Waals surface area (Å²) in [5, 5.41) is 11.4. The average Bonchev–Trinajstić information content (AvgIpc) is 2.54. The van der Waals surface area contributed by atoms with Gasteiger partial charge in [0.05, 0.1) is 0 Å². The number of carbonyl (C=O) groups is 2. The molecule has 0 saturated heterocycles. The first kappa shape index (κ1) is 18.9. The largest absolute Gasteiger partial charge is 0.481 e. The molecular formula is C19H27NO3. The summed E-state index contributed by atoms with van der Waals surface area (Å²) in [5.74, 6) is -0.660. The van der Waals surface area contributed by atoms with Crippen LogP contribution in [0.4, 0.5) is 0 Å². The Morgan fingerprint density at radius 1 is 0.957 bits per heavy atom. The Hall–Kier alpha value is -2.10. The third-order valence-corrected chi connectivity index (χ3v) is 3.55. The van der Waals surface area contributed by atoms with Crippen molar-refractivity contribution in [3.63, 3.8) is 0 Å². The molecule has 23 heavy (non-hydrogen) atoms. The monoisotopic (exact) mass is 317 g/mol. The third kappa shape index (κ3) is 11.2. The van der Waals surface area contributed by atoms with Crippen LogP contribution in [0.3, 0.4) is 0 Å². The highest BCUT2D eigenvalue weighted by molar-refractivity contribution is 5.78. The van der Waals surface area contributed by atoms with Crippen molar-refractivity contribution in [2.24, 2.45) is 0 Å². The molecule has 0 aromatic heterocycles.